The second-order valence-electron chi connectivity index (χ2n) is 6.27. The first kappa shape index (κ1) is 21.1. The number of ether oxygens (including phenoxy) is 1. The van der Waals surface area contributed by atoms with Crippen molar-refractivity contribution in [3.63, 3.8) is 0 Å². The fraction of sp³-hybridized carbons (Fsp3) is 0.412. The zero-order chi connectivity index (χ0) is 21.1. The Morgan fingerprint density at radius 1 is 1.29 bits per heavy atom. The lowest BCUT2D eigenvalue weighted by Crippen LogP contribution is -2.45. The Balaban J connectivity index is 2.13. The molecule has 0 aliphatic carbocycles. The molecule has 0 saturated carbocycles. The molecule has 1 atom stereocenters. The molecule has 1 fully saturated rings. The van der Waals surface area contributed by atoms with E-state index in [-0.39, 0.29) is 12.3 Å². The quantitative estimate of drug-likeness (QED) is 0.641. The standard InChI is InChI=1S/C17H20F2N4O5/c1-17(10-4-6-11(7-5-10)28-15(18)19)14(26)23(16(27)21-17)9-13(25)22(3)8-12(24)20-2/h4-7,15H,8-9H2,1-3H3,(H,20,24)(H,21,27)/t17-/m1/s1. The summed E-state index contributed by atoms with van der Waals surface area (Å²) in [5.41, 5.74) is -1.14. The molecular formula is C17H20F2N4O5. The molecule has 9 nitrogen and oxygen atoms in total. The van der Waals surface area contributed by atoms with Gasteiger partial charge in [-0.05, 0) is 24.6 Å². The molecule has 28 heavy (non-hydrogen) atoms. The summed E-state index contributed by atoms with van der Waals surface area (Å²) < 4.78 is 28.8. The van der Waals surface area contributed by atoms with Gasteiger partial charge in [-0.15, -0.1) is 0 Å². The van der Waals surface area contributed by atoms with E-state index in [1.807, 2.05) is 0 Å². The van der Waals surface area contributed by atoms with Crippen molar-refractivity contribution in [2.24, 2.45) is 0 Å². The van der Waals surface area contributed by atoms with E-state index < -0.39 is 42.4 Å². The summed E-state index contributed by atoms with van der Waals surface area (Å²) in [5, 5.41) is 4.86. The van der Waals surface area contributed by atoms with Gasteiger partial charge in [0.05, 0.1) is 6.54 Å². The van der Waals surface area contributed by atoms with Crippen molar-refractivity contribution in [3.8, 4) is 5.75 Å². The van der Waals surface area contributed by atoms with Crippen LogP contribution in [-0.4, -0.2) is 67.3 Å². The van der Waals surface area contributed by atoms with Gasteiger partial charge in [-0.3, -0.25) is 19.3 Å². The Morgan fingerprint density at radius 2 is 1.89 bits per heavy atom. The predicted molar refractivity (Wildman–Crippen MR) is 92.4 cm³/mol. The smallest absolute Gasteiger partial charge is 0.387 e. The van der Waals surface area contributed by atoms with Crippen molar-refractivity contribution >= 4 is 23.8 Å². The van der Waals surface area contributed by atoms with Crippen LogP contribution in [0.3, 0.4) is 0 Å². The van der Waals surface area contributed by atoms with Crippen LogP contribution in [0.2, 0.25) is 0 Å². The summed E-state index contributed by atoms with van der Waals surface area (Å²) in [5.74, 6) is -1.77. The van der Waals surface area contributed by atoms with Crippen LogP contribution in [0.1, 0.15) is 12.5 Å². The number of likely N-dealkylation sites (N-methyl/N-ethyl adjacent to an activating group) is 2. The number of hydrogen-bond donors (Lipinski definition) is 2. The first-order valence-corrected chi connectivity index (χ1v) is 8.22. The molecule has 0 unspecified atom stereocenters. The Kier molecular flexibility index (Phi) is 6.16. The molecule has 11 heteroatoms. The topological polar surface area (TPSA) is 108 Å². The van der Waals surface area contributed by atoms with Gasteiger partial charge in [-0.1, -0.05) is 12.1 Å². The van der Waals surface area contributed by atoms with E-state index in [4.69, 9.17) is 0 Å². The van der Waals surface area contributed by atoms with Crippen molar-refractivity contribution < 1.29 is 32.7 Å². The maximum Gasteiger partial charge on any atom is 0.387 e. The molecule has 2 rings (SSSR count). The van der Waals surface area contributed by atoms with Crippen molar-refractivity contribution in [1.29, 1.82) is 0 Å². The molecule has 2 N–H and O–H groups in total. The fourth-order valence-corrected chi connectivity index (χ4v) is 2.64. The number of carbonyl (C=O) groups excluding carboxylic acids is 4. The van der Waals surface area contributed by atoms with Gasteiger partial charge < -0.3 is 20.3 Å². The number of urea groups is 1. The first-order valence-electron chi connectivity index (χ1n) is 8.22. The van der Waals surface area contributed by atoms with E-state index in [9.17, 15) is 28.0 Å². The number of nitrogens with zero attached hydrogens (tertiary/aromatic N) is 2. The Bertz CT molecular complexity index is 786. The van der Waals surface area contributed by atoms with Gasteiger partial charge in [-0.2, -0.15) is 8.78 Å². The van der Waals surface area contributed by atoms with E-state index in [0.29, 0.717) is 5.56 Å². The number of rotatable bonds is 7. The number of alkyl halides is 2. The van der Waals surface area contributed by atoms with E-state index in [1.165, 1.54) is 45.3 Å². The van der Waals surface area contributed by atoms with Crippen LogP contribution in [0.15, 0.2) is 24.3 Å². The number of hydrogen-bond acceptors (Lipinski definition) is 5. The van der Waals surface area contributed by atoms with Gasteiger partial charge in [0.15, 0.2) is 0 Å². The zero-order valence-corrected chi connectivity index (χ0v) is 15.5. The highest BCUT2D eigenvalue weighted by Gasteiger charge is 2.49. The largest absolute Gasteiger partial charge is 0.435 e. The van der Waals surface area contributed by atoms with Crippen LogP contribution in [-0.2, 0) is 19.9 Å². The normalized spacial score (nSPS) is 18.9. The van der Waals surface area contributed by atoms with E-state index in [0.717, 1.165) is 9.80 Å². The summed E-state index contributed by atoms with van der Waals surface area (Å²) in [4.78, 5) is 50.4. The fourth-order valence-electron chi connectivity index (χ4n) is 2.64. The summed E-state index contributed by atoms with van der Waals surface area (Å²) in [7, 11) is 2.79. The summed E-state index contributed by atoms with van der Waals surface area (Å²) >= 11 is 0. The molecule has 0 spiro atoms. The minimum Gasteiger partial charge on any atom is -0.435 e. The molecule has 152 valence electrons. The molecule has 1 aromatic carbocycles. The molecular weight excluding hydrogens is 378 g/mol. The van der Waals surface area contributed by atoms with Crippen LogP contribution in [0.4, 0.5) is 13.6 Å². The maximum atomic E-state index is 12.8. The third-order valence-corrected chi connectivity index (χ3v) is 4.31. The molecule has 0 bridgehead atoms. The number of amides is 5. The molecule has 1 aliphatic heterocycles. The molecule has 1 aliphatic rings. The Hall–Kier alpha value is -3.24. The lowest BCUT2D eigenvalue weighted by molar-refractivity contribution is -0.139. The highest BCUT2D eigenvalue weighted by atomic mass is 19.3. The zero-order valence-electron chi connectivity index (χ0n) is 15.5. The van der Waals surface area contributed by atoms with Gasteiger partial charge in [0.2, 0.25) is 11.8 Å². The van der Waals surface area contributed by atoms with Crippen LogP contribution >= 0.6 is 0 Å². The number of imide groups is 1. The summed E-state index contributed by atoms with van der Waals surface area (Å²) in [6.07, 6.45) is 0. The first-order chi connectivity index (χ1) is 13.1. The van der Waals surface area contributed by atoms with Gasteiger partial charge >= 0.3 is 12.6 Å². The van der Waals surface area contributed by atoms with Crippen LogP contribution in [0, 0.1) is 0 Å². The average Bonchev–Trinajstić information content (AvgIpc) is 2.85. The third-order valence-electron chi connectivity index (χ3n) is 4.31. The third kappa shape index (κ3) is 4.35. The summed E-state index contributed by atoms with van der Waals surface area (Å²) in [6, 6.07) is 4.47. The second-order valence-corrected chi connectivity index (χ2v) is 6.27. The minimum absolute atomic E-state index is 0.0954. The van der Waals surface area contributed by atoms with E-state index in [1.54, 1.807) is 0 Å². The number of nitrogens with one attached hydrogen (secondary N) is 2. The molecule has 0 radical (unpaired) electrons. The predicted octanol–water partition coefficient (Wildman–Crippen LogP) is 0.259. The van der Waals surface area contributed by atoms with Crippen LogP contribution in [0.5, 0.6) is 5.75 Å². The van der Waals surface area contributed by atoms with Crippen LogP contribution in [0.25, 0.3) is 0 Å². The second kappa shape index (κ2) is 8.19. The minimum atomic E-state index is -2.98. The lowest BCUT2D eigenvalue weighted by Gasteiger charge is -2.23. The van der Waals surface area contributed by atoms with Gasteiger partial charge in [0.1, 0.15) is 17.8 Å². The van der Waals surface area contributed by atoms with Gasteiger partial charge in [-0.25, -0.2) is 4.79 Å². The van der Waals surface area contributed by atoms with Gasteiger partial charge in [0.25, 0.3) is 5.91 Å². The molecule has 0 aromatic heterocycles. The van der Waals surface area contributed by atoms with E-state index in [2.05, 4.69) is 15.4 Å². The van der Waals surface area contributed by atoms with Crippen molar-refractivity contribution in [1.82, 2.24) is 20.4 Å². The molecule has 5 amide bonds. The number of benzene rings is 1. The molecule has 1 saturated heterocycles. The Morgan fingerprint density at radius 3 is 2.43 bits per heavy atom. The van der Waals surface area contributed by atoms with Crippen molar-refractivity contribution in [2.45, 2.75) is 19.1 Å². The molecule has 1 aromatic rings. The highest BCUT2D eigenvalue weighted by molar-refractivity contribution is 6.09. The monoisotopic (exact) mass is 398 g/mol. The van der Waals surface area contributed by atoms with Gasteiger partial charge in [0, 0.05) is 14.1 Å². The average molecular weight is 398 g/mol. The highest BCUT2D eigenvalue weighted by Crippen LogP contribution is 2.30. The Labute approximate surface area is 159 Å². The summed E-state index contributed by atoms with van der Waals surface area (Å²) in [6.45, 7) is -2.31. The SMILES string of the molecule is CNC(=O)CN(C)C(=O)CN1C(=O)N[C@](C)(c2ccc(OC(F)F)cc2)C1=O. The lowest BCUT2D eigenvalue weighted by atomic mass is 9.92. The van der Waals surface area contributed by atoms with E-state index >= 15 is 0 Å². The molecule has 1 heterocycles. The van der Waals surface area contributed by atoms with Crippen molar-refractivity contribution in [3.05, 3.63) is 29.8 Å². The van der Waals surface area contributed by atoms with Crippen LogP contribution < -0.4 is 15.4 Å². The number of carbonyl (C=O) groups is 4. The maximum absolute atomic E-state index is 12.8. The van der Waals surface area contributed by atoms with Crippen molar-refractivity contribution in [2.75, 3.05) is 27.2 Å². The number of halogens is 2.